The third kappa shape index (κ3) is 3.08. The molecule has 0 saturated carbocycles. The molecule has 0 aliphatic rings. The number of carbonyl (C=O) groups excluding carboxylic acids is 1. The molecule has 0 aromatic carbocycles. The van der Waals surface area contributed by atoms with Crippen LogP contribution in [0.4, 0.5) is 0 Å². The molecule has 1 N–H and O–H groups in total. The van der Waals surface area contributed by atoms with Crippen LogP contribution < -0.4 is 0 Å². The molecule has 1 aromatic heterocycles. The molecule has 14 heavy (non-hydrogen) atoms. The number of rotatable bonds is 4. The van der Waals surface area contributed by atoms with Gasteiger partial charge in [-0.25, -0.2) is 0 Å². The molecule has 5 heteroatoms. The fourth-order valence-corrected chi connectivity index (χ4v) is 1.61. The smallest absolute Gasteiger partial charge is 0.265 e. The van der Waals surface area contributed by atoms with E-state index in [0.717, 1.165) is 0 Å². The van der Waals surface area contributed by atoms with Gasteiger partial charge in [-0.3, -0.25) is 9.78 Å². The van der Waals surface area contributed by atoms with Gasteiger partial charge >= 0.3 is 0 Å². The third-order valence-electron chi connectivity index (χ3n) is 1.87. The number of hydrogen-bond donors (Lipinski definition) is 1. The van der Waals surface area contributed by atoms with E-state index in [1.54, 1.807) is 30.6 Å². The molecule has 0 spiro atoms. The van der Waals surface area contributed by atoms with E-state index in [1.807, 2.05) is 0 Å². The maximum absolute atomic E-state index is 11.6. The molecule has 1 amide bonds. The van der Waals surface area contributed by atoms with E-state index in [-0.39, 0.29) is 12.0 Å². The molecule has 0 fully saturated rings. The summed E-state index contributed by atoms with van der Waals surface area (Å²) in [5.41, 5.74) is 1.63. The lowest BCUT2D eigenvalue weighted by Crippen LogP contribution is -2.28. The minimum atomic E-state index is -0.369. The van der Waals surface area contributed by atoms with E-state index >= 15 is 0 Å². The van der Waals surface area contributed by atoms with Gasteiger partial charge in [0.15, 0.2) is 0 Å². The topological polar surface area (TPSA) is 53.4 Å². The number of amides is 1. The zero-order valence-electron chi connectivity index (χ0n) is 8.30. The molecule has 0 saturated heterocycles. The fourth-order valence-electron chi connectivity index (χ4n) is 0.992. The maximum atomic E-state index is 11.6. The highest BCUT2D eigenvalue weighted by atomic mass is 32.1. The molecule has 0 aliphatic carbocycles. The summed E-state index contributed by atoms with van der Waals surface area (Å²) in [5, 5.41) is 9.07. The highest BCUT2D eigenvalue weighted by molar-refractivity contribution is 7.11. The van der Waals surface area contributed by atoms with Crippen molar-refractivity contribution in [3.8, 4) is 0 Å². The van der Waals surface area contributed by atoms with Gasteiger partial charge in [-0.15, -0.1) is 11.3 Å². The standard InChI is InChI=1S/C9H14N2O2S/c1-7(12)3-4-11(2)9(13)8-5-10-6-14-8/h5-7,12H,3-4H2,1-2H3. The second-order valence-corrected chi connectivity index (χ2v) is 4.12. The lowest BCUT2D eigenvalue weighted by Gasteiger charge is -2.16. The van der Waals surface area contributed by atoms with Gasteiger partial charge in [0.1, 0.15) is 4.88 Å². The Balaban J connectivity index is 2.45. The Morgan fingerprint density at radius 3 is 3.00 bits per heavy atom. The van der Waals surface area contributed by atoms with Crippen molar-refractivity contribution in [2.24, 2.45) is 0 Å². The van der Waals surface area contributed by atoms with Crippen molar-refractivity contribution < 1.29 is 9.90 Å². The van der Waals surface area contributed by atoms with Gasteiger partial charge in [-0.2, -0.15) is 0 Å². The van der Waals surface area contributed by atoms with E-state index in [1.165, 1.54) is 11.3 Å². The molecule has 1 atom stereocenters. The zero-order valence-corrected chi connectivity index (χ0v) is 9.12. The van der Waals surface area contributed by atoms with Crippen molar-refractivity contribution in [2.75, 3.05) is 13.6 Å². The Morgan fingerprint density at radius 2 is 2.50 bits per heavy atom. The van der Waals surface area contributed by atoms with Crippen molar-refractivity contribution >= 4 is 17.2 Å². The summed E-state index contributed by atoms with van der Waals surface area (Å²) >= 11 is 1.33. The molecule has 1 aromatic rings. The van der Waals surface area contributed by atoms with Gasteiger partial charge in [0.25, 0.3) is 5.91 Å². The average molecular weight is 214 g/mol. The van der Waals surface area contributed by atoms with Crippen LogP contribution in [0.1, 0.15) is 23.0 Å². The summed E-state index contributed by atoms with van der Waals surface area (Å²) in [6, 6.07) is 0. The molecular formula is C9H14N2O2S. The summed E-state index contributed by atoms with van der Waals surface area (Å²) in [5.74, 6) is -0.0341. The first-order chi connectivity index (χ1) is 6.61. The molecule has 4 nitrogen and oxygen atoms in total. The lowest BCUT2D eigenvalue weighted by atomic mass is 10.3. The SMILES string of the molecule is CC(O)CCN(C)C(=O)c1cncs1. The second-order valence-electron chi connectivity index (χ2n) is 3.23. The summed E-state index contributed by atoms with van der Waals surface area (Å²) in [6.07, 6.45) is 1.79. The Bertz CT molecular complexity index is 285. The van der Waals surface area contributed by atoms with Crippen molar-refractivity contribution in [2.45, 2.75) is 19.4 Å². The Hall–Kier alpha value is -0.940. The molecule has 1 rings (SSSR count). The van der Waals surface area contributed by atoms with Crippen LogP contribution in [-0.4, -0.2) is 40.6 Å². The third-order valence-corrected chi connectivity index (χ3v) is 2.63. The van der Waals surface area contributed by atoms with Crippen molar-refractivity contribution in [1.82, 2.24) is 9.88 Å². The minimum Gasteiger partial charge on any atom is -0.393 e. The highest BCUT2D eigenvalue weighted by Crippen LogP contribution is 2.09. The first kappa shape index (κ1) is 11.1. The monoisotopic (exact) mass is 214 g/mol. The van der Waals surface area contributed by atoms with Crippen molar-refractivity contribution in [3.63, 3.8) is 0 Å². The predicted octanol–water partition coefficient (Wildman–Crippen LogP) is 0.986. The quantitative estimate of drug-likeness (QED) is 0.813. The summed E-state index contributed by atoms with van der Waals surface area (Å²) in [6.45, 7) is 2.28. The molecule has 0 aliphatic heterocycles. The van der Waals surface area contributed by atoms with E-state index < -0.39 is 0 Å². The summed E-state index contributed by atoms with van der Waals surface area (Å²) < 4.78 is 0. The van der Waals surface area contributed by atoms with E-state index in [0.29, 0.717) is 17.8 Å². The number of nitrogens with zero attached hydrogens (tertiary/aromatic N) is 2. The first-order valence-corrected chi connectivity index (χ1v) is 5.31. The molecule has 0 bridgehead atoms. The van der Waals surface area contributed by atoms with Gasteiger partial charge in [0.05, 0.1) is 17.8 Å². The van der Waals surface area contributed by atoms with Crippen LogP contribution in [0.2, 0.25) is 0 Å². The molecular weight excluding hydrogens is 200 g/mol. The van der Waals surface area contributed by atoms with Crippen LogP contribution in [0.5, 0.6) is 0 Å². The largest absolute Gasteiger partial charge is 0.393 e. The maximum Gasteiger partial charge on any atom is 0.265 e. The van der Waals surface area contributed by atoms with Gasteiger partial charge in [0, 0.05) is 13.6 Å². The average Bonchev–Trinajstić information content (AvgIpc) is 2.65. The number of carbonyl (C=O) groups is 1. The number of aliphatic hydroxyl groups excluding tert-OH is 1. The molecule has 1 unspecified atom stereocenters. The van der Waals surface area contributed by atoms with Crippen LogP contribution in [0, 0.1) is 0 Å². The molecule has 1 heterocycles. The summed E-state index contributed by atoms with van der Waals surface area (Å²) in [7, 11) is 1.73. The Kier molecular flexibility index (Phi) is 4.03. The van der Waals surface area contributed by atoms with Crippen LogP contribution in [0.3, 0.4) is 0 Å². The van der Waals surface area contributed by atoms with Crippen LogP contribution in [0.25, 0.3) is 0 Å². The van der Waals surface area contributed by atoms with Crippen LogP contribution in [-0.2, 0) is 0 Å². The van der Waals surface area contributed by atoms with E-state index in [2.05, 4.69) is 4.98 Å². The summed E-state index contributed by atoms with van der Waals surface area (Å²) in [4.78, 5) is 17.7. The number of hydrogen-bond acceptors (Lipinski definition) is 4. The van der Waals surface area contributed by atoms with Gasteiger partial charge in [-0.1, -0.05) is 0 Å². The lowest BCUT2D eigenvalue weighted by molar-refractivity contribution is 0.0773. The van der Waals surface area contributed by atoms with Crippen LogP contribution >= 0.6 is 11.3 Å². The minimum absolute atomic E-state index is 0.0341. The number of aromatic nitrogens is 1. The fraction of sp³-hybridized carbons (Fsp3) is 0.556. The predicted molar refractivity (Wildman–Crippen MR) is 55.4 cm³/mol. The number of thiazole rings is 1. The highest BCUT2D eigenvalue weighted by Gasteiger charge is 2.13. The second kappa shape index (κ2) is 5.07. The molecule has 78 valence electrons. The van der Waals surface area contributed by atoms with E-state index in [9.17, 15) is 4.79 Å². The van der Waals surface area contributed by atoms with E-state index in [4.69, 9.17) is 5.11 Å². The normalized spacial score (nSPS) is 12.5. The Labute approximate surface area is 87.2 Å². The van der Waals surface area contributed by atoms with Gasteiger partial charge in [-0.05, 0) is 13.3 Å². The molecule has 0 radical (unpaired) electrons. The zero-order chi connectivity index (χ0) is 10.6. The first-order valence-electron chi connectivity index (χ1n) is 4.43. The van der Waals surface area contributed by atoms with Crippen molar-refractivity contribution in [1.29, 1.82) is 0 Å². The van der Waals surface area contributed by atoms with Crippen LogP contribution in [0.15, 0.2) is 11.7 Å². The van der Waals surface area contributed by atoms with Gasteiger partial charge < -0.3 is 10.0 Å². The number of aliphatic hydroxyl groups is 1. The van der Waals surface area contributed by atoms with Crippen molar-refractivity contribution in [3.05, 3.63) is 16.6 Å². The van der Waals surface area contributed by atoms with Gasteiger partial charge in [0.2, 0.25) is 0 Å². The Morgan fingerprint density at radius 1 is 1.79 bits per heavy atom.